The quantitative estimate of drug-likeness (QED) is 0.445. The number of methoxy groups -OCH3 is 1. The van der Waals surface area contributed by atoms with E-state index in [9.17, 15) is 4.79 Å². The van der Waals surface area contributed by atoms with Gasteiger partial charge < -0.3 is 24.0 Å². The molecule has 178 valence electrons. The van der Waals surface area contributed by atoms with E-state index in [0.29, 0.717) is 19.6 Å². The van der Waals surface area contributed by atoms with Gasteiger partial charge in [-0.2, -0.15) is 0 Å². The molecule has 1 atom stereocenters. The summed E-state index contributed by atoms with van der Waals surface area (Å²) >= 11 is 0. The van der Waals surface area contributed by atoms with E-state index < -0.39 is 0 Å². The highest BCUT2D eigenvalue weighted by Gasteiger charge is 2.24. The zero-order valence-corrected chi connectivity index (χ0v) is 20.1. The van der Waals surface area contributed by atoms with Crippen molar-refractivity contribution in [2.45, 2.75) is 18.9 Å². The van der Waals surface area contributed by atoms with Gasteiger partial charge in [0.2, 0.25) is 12.7 Å². The third-order valence-corrected chi connectivity index (χ3v) is 6.02. The van der Waals surface area contributed by atoms with Crippen molar-refractivity contribution in [1.29, 1.82) is 0 Å². The van der Waals surface area contributed by atoms with Crippen LogP contribution in [0.1, 0.15) is 29.0 Å². The summed E-state index contributed by atoms with van der Waals surface area (Å²) in [5.41, 5.74) is 3.31. The van der Waals surface area contributed by atoms with Crippen LogP contribution in [0.15, 0.2) is 72.8 Å². The second kappa shape index (κ2) is 11.1. The zero-order chi connectivity index (χ0) is 23.9. The fourth-order valence-corrected chi connectivity index (χ4v) is 4.34. The molecule has 4 rings (SSSR count). The van der Waals surface area contributed by atoms with Crippen molar-refractivity contribution in [2.75, 3.05) is 41.1 Å². The SMILES string of the molecule is COc1ccccc1C(CCN(Cc1ccccc1)C(=O)CN(C)C)c1ccc2c(c1)OCO2. The first-order valence-electron chi connectivity index (χ1n) is 11.5. The maximum atomic E-state index is 13.1. The van der Waals surface area contributed by atoms with Crippen molar-refractivity contribution in [3.05, 3.63) is 89.5 Å². The summed E-state index contributed by atoms with van der Waals surface area (Å²) in [6, 6.07) is 24.3. The Hall–Kier alpha value is -3.51. The van der Waals surface area contributed by atoms with Crippen LogP contribution in [0.5, 0.6) is 17.2 Å². The fraction of sp³-hybridized carbons (Fsp3) is 0.321. The van der Waals surface area contributed by atoms with E-state index >= 15 is 0 Å². The molecular weight excluding hydrogens is 428 g/mol. The monoisotopic (exact) mass is 460 g/mol. The lowest BCUT2D eigenvalue weighted by molar-refractivity contribution is -0.132. The minimum atomic E-state index is 0.0241. The van der Waals surface area contributed by atoms with Crippen LogP contribution in [0.2, 0.25) is 0 Å². The molecule has 0 spiro atoms. The lowest BCUT2D eigenvalue weighted by atomic mass is 9.87. The van der Waals surface area contributed by atoms with Gasteiger partial charge in [0.1, 0.15) is 5.75 Å². The normalized spacial score (nSPS) is 13.1. The highest BCUT2D eigenvalue weighted by atomic mass is 16.7. The van der Waals surface area contributed by atoms with Crippen molar-refractivity contribution in [2.24, 2.45) is 0 Å². The molecule has 1 amide bonds. The summed E-state index contributed by atoms with van der Waals surface area (Å²) in [5, 5.41) is 0. The summed E-state index contributed by atoms with van der Waals surface area (Å²) in [6.07, 6.45) is 0.742. The Morgan fingerprint density at radius 2 is 1.71 bits per heavy atom. The molecule has 0 radical (unpaired) electrons. The van der Waals surface area contributed by atoms with E-state index in [1.807, 2.05) is 72.4 Å². The zero-order valence-electron chi connectivity index (χ0n) is 20.1. The van der Waals surface area contributed by atoms with Gasteiger partial charge in [-0.25, -0.2) is 0 Å². The largest absolute Gasteiger partial charge is 0.496 e. The number of ether oxygens (including phenoxy) is 3. The number of amides is 1. The number of rotatable bonds is 10. The van der Waals surface area contributed by atoms with Crippen LogP contribution in [-0.2, 0) is 11.3 Å². The number of benzene rings is 3. The summed E-state index contributed by atoms with van der Waals surface area (Å²) in [5.74, 6) is 2.48. The Labute approximate surface area is 201 Å². The Morgan fingerprint density at radius 1 is 0.971 bits per heavy atom. The van der Waals surface area contributed by atoms with E-state index in [4.69, 9.17) is 14.2 Å². The predicted molar refractivity (Wildman–Crippen MR) is 132 cm³/mol. The molecule has 0 aromatic heterocycles. The molecule has 1 heterocycles. The number of para-hydroxylation sites is 1. The number of carbonyl (C=O) groups is 1. The molecule has 0 fully saturated rings. The highest BCUT2D eigenvalue weighted by molar-refractivity contribution is 5.78. The van der Waals surface area contributed by atoms with Gasteiger partial charge in [-0.15, -0.1) is 0 Å². The predicted octanol–water partition coefficient (Wildman–Crippen LogP) is 4.54. The molecule has 0 saturated carbocycles. The van der Waals surface area contributed by atoms with Gasteiger partial charge in [-0.1, -0.05) is 54.6 Å². The molecule has 6 nitrogen and oxygen atoms in total. The number of hydrogen-bond acceptors (Lipinski definition) is 5. The van der Waals surface area contributed by atoms with E-state index in [0.717, 1.165) is 40.4 Å². The lowest BCUT2D eigenvalue weighted by Crippen LogP contribution is -2.38. The molecule has 3 aromatic carbocycles. The lowest BCUT2D eigenvalue weighted by Gasteiger charge is -2.28. The van der Waals surface area contributed by atoms with Crippen LogP contribution in [0.25, 0.3) is 0 Å². The Bertz CT molecular complexity index is 1100. The average molecular weight is 461 g/mol. The van der Waals surface area contributed by atoms with Crippen molar-refractivity contribution < 1.29 is 19.0 Å². The maximum absolute atomic E-state index is 13.1. The van der Waals surface area contributed by atoms with Gasteiger partial charge >= 0.3 is 0 Å². The van der Waals surface area contributed by atoms with Crippen molar-refractivity contribution in [1.82, 2.24) is 9.80 Å². The molecule has 0 bridgehead atoms. The second-order valence-electron chi connectivity index (χ2n) is 8.73. The van der Waals surface area contributed by atoms with E-state index in [2.05, 4.69) is 24.3 Å². The minimum absolute atomic E-state index is 0.0241. The van der Waals surface area contributed by atoms with Gasteiger partial charge in [0.25, 0.3) is 0 Å². The standard InChI is InChI=1S/C28H32N2O4/c1-29(2)19-28(31)30(18-21-9-5-4-6-10-21)16-15-23(24-11-7-8-12-25(24)32-3)22-13-14-26-27(17-22)34-20-33-26/h4-14,17,23H,15-16,18-20H2,1-3H3. The molecule has 1 unspecified atom stereocenters. The third-order valence-electron chi connectivity index (χ3n) is 6.02. The van der Waals surface area contributed by atoms with Crippen molar-refractivity contribution in [3.8, 4) is 17.2 Å². The van der Waals surface area contributed by atoms with E-state index in [1.165, 1.54) is 0 Å². The molecule has 0 aliphatic carbocycles. The second-order valence-corrected chi connectivity index (χ2v) is 8.73. The minimum Gasteiger partial charge on any atom is -0.496 e. The maximum Gasteiger partial charge on any atom is 0.237 e. The molecule has 0 N–H and O–H groups in total. The smallest absolute Gasteiger partial charge is 0.237 e. The Balaban J connectivity index is 1.63. The summed E-state index contributed by atoms with van der Waals surface area (Å²) in [7, 11) is 5.53. The van der Waals surface area contributed by atoms with Gasteiger partial charge in [0.15, 0.2) is 11.5 Å². The molecule has 3 aromatic rings. The molecule has 34 heavy (non-hydrogen) atoms. The van der Waals surface area contributed by atoms with Crippen LogP contribution in [0.3, 0.4) is 0 Å². The first-order chi connectivity index (χ1) is 16.5. The fourth-order valence-electron chi connectivity index (χ4n) is 4.34. The van der Waals surface area contributed by atoms with Gasteiger partial charge in [0.05, 0.1) is 13.7 Å². The molecule has 1 aliphatic rings. The van der Waals surface area contributed by atoms with Crippen LogP contribution in [0.4, 0.5) is 0 Å². The van der Waals surface area contributed by atoms with Crippen LogP contribution in [-0.4, -0.2) is 56.8 Å². The molecule has 6 heteroatoms. The average Bonchev–Trinajstić information content (AvgIpc) is 3.32. The number of hydrogen-bond donors (Lipinski definition) is 0. The summed E-state index contributed by atoms with van der Waals surface area (Å²) < 4.78 is 16.9. The first kappa shape index (κ1) is 23.6. The topological polar surface area (TPSA) is 51.2 Å². The third kappa shape index (κ3) is 5.69. The number of nitrogens with zero attached hydrogens (tertiary/aromatic N) is 2. The van der Waals surface area contributed by atoms with Crippen molar-refractivity contribution in [3.63, 3.8) is 0 Å². The van der Waals surface area contributed by atoms with E-state index in [-0.39, 0.29) is 18.6 Å². The van der Waals surface area contributed by atoms with Crippen LogP contribution in [0, 0.1) is 0 Å². The van der Waals surface area contributed by atoms with Gasteiger partial charge in [0, 0.05) is 24.6 Å². The number of fused-ring (bicyclic) bond motifs is 1. The van der Waals surface area contributed by atoms with E-state index in [1.54, 1.807) is 7.11 Å². The molecular formula is C28H32N2O4. The molecule has 0 saturated heterocycles. The first-order valence-corrected chi connectivity index (χ1v) is 11.5. The Morgan fingerprint density at radius 3 is 2.47 bits per heavy atom. The number of carbonyl (C=O) groups excluding carboxylic acids is 1. The van der Waals surface area contributed by atoms with Crippen LogP contribution < -0.4 is 14.2 Å². The Kier molecular flexibility index (Phi) is 7.70. The molecule has 1 aliphatic heterocycles. The van der Waals surface area contributed by atoms with Crippen LogP contribution >= 0.6 is 0 Å². The van der Waals surface area contributed by atoms with Gasteiger partial charge in [-0.3, -0.25) is 4.79 Å². The highest BCUT2D eigenvalue weighted by Crippen LogP contribution is 2.40. The van der Waals surface area contributed by atoms with Crippen molar-refractivity contribution >= 4 is 5.91 Å². The number of likely N-dealkylation sites (N-methyl/N-ethyl adjacent to an activating group) is 1. The summed E-state index contributed by atoms with van der Waals surface area (Å²) in [6.45, 7) is 1.80. The summed E-state index contributed by atoms with van der Waals surface area (Å²) in [4.78, 5) is 17.0. The van der Waals surface area contributed by atoms with Gasteiger partial charge in [-0.05, 0) is 49.8 Å².